The zero-order valence-electron chi connectivity index (χ0n) is 4.09. The fraction of sp³-hybridized carbons (Fsp3) is 1.00. The molecule has 3 aliphatic carbocycles. The molecule has 0 radical (unpaired) electrons. The van der Waals surface area contributed by atoms with Crippen molar-refractivity contribution in [3.63, 3.8) is 0 Å². The van der Waals surface area contributed by atoms with Crippen molar-refractivity contribution in [2.75, 3.05) is 0 Å². The maximum atomic E-state index is 9.12. The highest BCUT2D eigenvalue weighted by Crippen LogP contribution is 2.55. The van der Waals surface area contributed by atoms with Gasteiger partial charge in [0.05, 0.1) is 5.60 Å². The molecule has 2 heteroatoms. The Morgan fingerprint density at radius 3 is 2.00 bits per heavy atom. The predicted octanol–water partition coefficient (Wildman–Crippen LogP) is -0.532. The van der Waals surface area contributed by atoms with Crippen LogP contribution in [0.5, 0.6) is 0 Å². The fourth-order valence-corrected chi connectivity index (χ4v) is 1.49. The molecule has 0 aromatic carbocycles. The lowest BCUT2D eigenvalue weighted by atomic mass is 9.48. The lowest BCUT2D eigenvalue weighted by molar-refractivity contribution is -0.210. The first-order valence-corrected chi connectivity index (χ1v) is 2.70. The van der Waals surface area contributed by atoms with E-state index >= 15 is 0 Å². The smallest absolute Gasteiger partial charge is 0.0807 e. The van der Waals surface area contributed by atoms with E-state index in [4.69, 9.17) is 10.8 Å². The number of hydrogen-bond donors (Lipinski definition) is 2. The van der Waals surface area contributed by atoms with Crippen LogP contribution in [0.15, 0.2) is 0 Å². The molecule has 1 unspecified atom stereocenters. The second-order valence-electron chi connectivity index (χ2n) is 2.80. The summed E-state index contributed by atoms with van der Waals surface area (Å²) in [6.07, 6.45) is 1.93. The monoisotopic (exact) mass is 99.1 g/mol. The van der Waals surface area contributed by atoms with Crippen LogP contribution >= 0.6 is 0 Å². The topological polar surface area (TPSA) is 46.2 Å². The number of rotatable bonds is 0. The van der Waals surface area contributed by atoms with E-state index in [1.165, 1.54) is 0 Å². The molecule has 40 valence electrons. The molecule has 2 bridgehead atoms. The molecule has 0 saturated heterocycles. The van der Waals surface area contributed by atoms with E-state index in [1.807, 2.05) is 0 Å². The summed E-state index contributed by atoms with van der Waals surface area (Å²) in [7, 11) is 0. The van der Waals surface area contributed by atoms with Crippen LogP contribution in [0.1, 0.15) is 12.8 Å². The molecule has 0 amide bonds. The van der Waals surface area contributed by atoms with Gasteiger partial charge < -0.3 is 10.8 Å². The molecule has 3 rings (SSSR count). The Hall–Kier alpha value is -0.0800. The van der Waals surface area contributed by atoms with Crippen molar-refractivity contribution in [1.29, 1.82) is 0 Å². The molecular formula is C5H9NO. The van der Waals surface area contributed by atoms with Gasteiger partial charge in [-0.15, -0.1) is 0 Å². The molecule has 0 spiro atoms. The van der Waals surface area contributed by atoms with Gasteiger partial charge in [0.25, 0.3) is 0 Å². The molecule has 0 aromatic heterocycles. The van der Waals surface area contributed by atoms with Gasteiger partial charge in [0.2, 0.25) is 0 Å². The van der Waals surface area contributed by atoms with Crippen LogP contribution in [0.25, 0.3) is 0 Å². The van der Waals surface area contributed by atoms with E-state index in [9.17, 15) is 0 Å². The van der Waals surface area contributed by atoms with E-state index in [2.05, 4.69) is 0 Å². The quantitative estimate of drug-likeness (QED) is 0.429. The summed E-state index contributed by atoms with van der Waals surface area (Å²) in [5, 5.41) is 9.12. The van der Waals surface area contributed by atoms with Gasteiger partial charge in [-0.2, -0.15) is 0 Å². The van der Waals surface area contributed by atoms with Crippen molar-refractivity contribution in [3.05, 3.63) is 0 Å². The minimum Gasteiger partial charge on any atom is -0.388 e. The zero-order valence-corrected chi connectivity index (χ0v) is 4.09. The SMILES string of the molecule is NC1C2CC1(O)C2. The molecule has 0 aliphatic heterocycles. The van der Waals surface area contributed by atoms with Gasteiger partial charge in [-0.05, 0) is 18.8 Å². The van der Waals surface area contributed by atoms with E-state index in [0.717, 1.165) is 12.8 Å². The summed E-state index contributed by atoms with van der Waals surface area (Å²) in [6.45, 7) is 0. The van der Waals surface area contributed by atoms with Crippen molar-refractivity contribution in [2.45, 2.75) is 24.5 Å². The molecule has 3 aliphatic rings. The fourth-order valence-electron chi connectivity index (χ4n) is 1.49. The Morgan fingerprint density at radius 1 is 1.57 bits per heavy atom. The normalized spacial score (nSPS) is 66.0. The predicted molar refractivity (Wildman–Crippen MR) is 25.6 cm³/mol. The molecule has 1 atom stereocenters. The minimum absolute atomic E-state index is 0.132. The van der Waals surface area contributed by atoms with Crippen molar-refractivity contribution >= 4 is 0 Å². The Morgan fingerprint density at radius 2 is 2.00 bits per heavy atom. The van der Waals surface area contributed by atoms with Crippen LogP contribution < -0.4 is 5.73 Å². The van der Waals surface area contributed by atoms with Gasteiger partial charge in [0.1, 0.15) is 0 Å². The Labute approximate surface area is 42.3 Å². The molecule has 2 nitrogen and oxygen atoms in total. The van der Waals surface area contributed by atoms with Gasteiger partial charge in [0, 0.05) is 6.04 Å². The molecule has 0 heterocycles. The molecule has 3 saturated carbocycles. The molecule has 3 N–H and O–H groups in total. The van der Waals surface area contributed by atoms with E-state index in [1.54, 1.807) is 0 Å². The minimum atomic E-state index is -0.398. The van der Waals surface area contributed by atoms with Crippen LogP contribution in [0.2, 0.25) is 0 Å². The van der Waals surface area contributed by atoms with Crippen molar-refractivity contribution in [1.82, 2.24) is 0 Å². The zero-order chi connectivity index (χ0) is 5.07. The van der Waals surface area contributed by atoms with Crippen LogP contribution in [-0.2, 0) is 0 Å². The third-order valence-corrected chi connectivity index (χ3v) is 2.36. The van der Waals surface area contributed by atoms with Crippen molar-refractivity contribution in [3.8, 4) is 0 Å². The van der Waals surface area contributed by atoms with E-state index in [0.29, 0.717) is 5.92 Å². The average molecular weight is 99.1 g/mol. The van der Waals surface area contributed by atoms with Gasteiger partial charge in [0.15, 0.2) is 0 Å². The molecule has 7 heavy (non-hydrogen) atoms. The summed E-state index contributed by atoms with van der Waals surface area (Å²) in [6, 6.07) is 0.132. The van der Waals surface area contributed by atoms with Crippen LogP contribution in [-0.4, -0.2) is 16.7 Å². The third kappa shape index (κ3) is 0.229. The Kier molecular flexibility index (Phi) is 0.408. The second-order valence-corrected chi connectivity index (χ2v) is 2.80. The number of aliphatic hydroxyl groups is 1. The van der Waals surface area contributed by atoms with Crippen LogP contribution in [0, 0.1) is 5.92 Å². The maximum Gasteiger partial charge on any atom is 0.0807 e. The van der Waals surface area contributed by atoms with E-state index in [-0.39, 0.29) is 6.04 Å². The Bertz CT molecular complexity index is 107. The first-order valence-electron chi connectivity index (χ1n) is 2.70. The summed E-state index contributed by atoms with van der Waals surface area (Å²) in [4.78, 5) is 0. The lowest BCUT2D eigenvalue weighted by Gasteiger charge is -2.63. The van der Waals surface area contributed by atoms with Crippen molar-refractivity contribution in [2.24, 2.45) is 11.7 Å². The Balaban J connectivity index is 2.17. The van der Waals surface area contributed by atoms with Gasteiger partial charge in [-0.1, -0.05) is 0 Å². The molecular weight excluding hydrogens is 90.1 g/mol. The summed E-state index contributed by atoms with van der Waals surface area (Å²) in [5.74, 6) is 0.671. The summed E-state index contributed by atoms with van der Waals surface area (Å²) >= 11 is 0. The molecule has 3 fully saturated rings. The standard InChI is InChI=1S/C5H9NO/c6-4-3-1-5(4,7)2-3/h3-4,7H,1-2,6H2. The van der Waals surface area contributed by atoms with Gasteiger partial charge >= 0.3 is 0 Å². The highest BCUT2D eigenvalue weighted by atomic mass is 16.3. The first kappa shape index (κ1) is 3.87. The third-order valence-electron chi connectivity index (χ3n) is 2.36. The van der Waals surface area contributed by atoms with Gasteiger partial charge in [-0.25, -0.2) is 0 Å². The molecule has 0 aromatic rings. The van der Waals surface area contributed by atoms with Crippen LogP contribution in [0.4, 0.5) is 0 Å². The van der Waals surface area contributed by atoms with Gasteiger partial charge in [-0.3, -0.25) is 0 Å². The largest absolute Gasteiger partial charge is 0.388 e. The first-order chi connectivity index (χ1) is 3.22. The maximum absolute atomic E-state index is 9.12. The summed E-state index contributed by atoms with van der Waals surface area (Å²) < 4.78 is 0. The van der Waals surface area contributed by atoms with Crippen molar-refractivity contribution < 1.29 is 5.11 Å². The number of hydrogen-bond acceptors (Lipinski definition) is 2. The number of nitrogens with two attached hydrogens (primary N) is 1. The second kappa shape index (κ2) is 0.740. The van der Waals surface area contributed by atoms with E-state index < -0.39 is 5.60 Å². The summed E-state index contributed by atoms with van der Waals surface area (Å²) in [5.41, 5.74) is 5.06. The lowest BCUT2D eigenvalue weighted by Crippen LogP contribution is -2.75. The average Bonchev–Trinajstić information content (AvgIpc) is 1.62. The highest BCUT2D eigenvalue weighted by molar-refractivity contribution is 5.18. The van der Waals surface area contributed by atoms with Crippen LogP contribution in [0.3, 0.4) is 0 Å². The highest BCUT2D eigenvalue weighted by Gasteiger charge is 2.62.